The van der Waals surface area contributed by atoms with Crippen LogP contribution in [0.25, 0.3) is 0 Å². The summed E-state index contributed by atoms with van der Waals surface area (Å²) >= 11 is 0. The van der Waals surface area contributed by atoms with Gasteiger partial charge in [0.1, 0.15) is 0 Å². The molecule has 0 rings (SSSR count). The van der Waals surface area contributed by atoms with Crippen LogP contribution in [0.2, 0.25) is 0 Å². The molecule has 0 aliphatic rings. The Balaban J connectivity index is 4.38. The standard InChI is InChI=1S/C13H24O4/c1-5-10(4)8-11(13(15)17-7-3)9-12(14)16-6-2/h10-11H,5-9H2,1-4H3. The topological polar surface area (TPSA) is 52.6 Å². The van der Waals surface area contributed by atoms with Crippen LogP contribution in [0, 0.1) is 11.8 Å². The van der Waals surface area contributed by atoms with E-state index >= 15 is 0 Å². The van der Waals surface area contributed by atoms with Gasteiger partial charge in [0.15, 0.2) is 0 Å². The lowest BCUT2D eigenvalue weighted by Crippen LogP contribution is -2.24. The van der Waals surface area contributed by atoms with E-state index in [0.717, 1.165) is 6.42 Å². The SMILES string of the molecule is CCOC(=O)CC(CC(C)CC)C(=O)OCC. The molecular formula is C13H24O4. The zero-order valence-electron chi connectivity index (χ0n) is 11.3. The van der Waals surface area contributed by atoms with Gasteiger partial charge in [-0.2, -0.15) is 0 Å². The second-order valence-corrected chi connectivity index (χ2v) is 4.21. The number of ether oxygens (including phenoxy) is 2. The van der Waals surface area contributed by atoms with Crippen LogP contribution in [0.5, 0.6) is 0 Å². The quantitative estimate of drug-likeness (QED) is 0.616. The fraction of sp³-hybridized carbons (Fsp3) is 0.846. The lowest BCUT2D eigenvalue weighted by atomic mass is 9.91. The smallest absolute Gasteiger partial charge is 0.309 e. The molecule has 0 saturated heterocycles. The van der Waals surface area contributed by atoms with Crippen molar-refractivity contribution in [2.45, 2.75) is 47.0 Å². The maximum absolute atomic E-state index is 11.7. The van der Waals surface area contributed by atoms with Gasteiger partial charge in [-0.25, -0.2) is 0 Å². The molecule has 0 N–H and O–H groups in total. The van der Waals surface area contributed by atoms with Gasteiger partial charge in [-0.3, -0.25) is 9.59 Å². The van der Waals surface area contributed by atoms with Crippen LogP contribution >= 0.6 is 0 Å². The summed E-state index contributed by atoms with van der Waals surface area (Å²) in [6, 6.07) is 0. The number of carbonyl (C=O) groups excluding carboxylic acids is 2. The molecule has 0 aromatic rings. The first-order chi connectivity index (χ1) is 8.04. The fourth-order valence-electron chi connectivity index (χ4n) is 1.60. The summed E-state index contributed by atoms with van der Waals surface area (Å²) in [5, 5.41) is 0. The monoisotopic (exact) mass is 244 g/mol. The van der Waals surface area contributed by atoms with Crippen LogP contribution in [0.3, 0.4) is 0 Å². The van der Waals surface area contributed by atoms with Gasteiger partial charge in [0.2, 0.25) is 0 Å². The van der Waals surface area contributed by atoms with Crippen molar-refractivity contribution < 1.29 is 19.1 Å². The van der Waals surface area contributed by atoms with E-state index in [9.17, 15) is 9.59 Å². The summed E-state index contributed by atoms with van der Waals surface area (Å²) < 4.78 is 9.85. The van der Waals surface area contributed by atoms with Gasteiger partial charge >= 0.3 is 11.9 Å². The summed E-state index contributed by atoms with van der Waals surface area (Å²) in [6.45, 7) is 8.35. The molecule has 100 valence electrons. The van der Waals surface area contributed by atoms with E-state index in [1.165, 1.54) is 0 Å². The minimum atomic E-state index is -0.371. The molecule has 0 aliphatic carbocycles. The summed E-state index contributed by atoms with van der Waals surface area (Å²) in [4.78, 5) is 23.1. The molecule has 0 aromatic carbocycles. The number of hydrogen-bond donors (Lipinski definition) is 0. The van der Waals surface area contributed by atoms with E-state index in [1.54, 1.807) is 13.8 Å². The van der Waals surface area contributed by atoms with Crippen LogP contribution in [0.1, 0.15) is 47.0 Å². The Hall–Kier alpha value is -1.06. The first-order valence-corrected chi connectivity index (χ1v) is 6.37. The largest absolute Gasteiger partial charge is 0.466 e. The molecule has 0 fully saturated rings. The first kappa shape index (κ1) is 15.9. The molecule has 0 saturated carbocycles. The van der Waals surface area contributed by atoms with Crippen LogP contribution in [-0.2, 0) is 19.1 Å². The molecule has 2 unspecified atom stereocenters. The van der Waals surface area contributed by atoms with Crippen molar-refractivity contribution in [1.29, 1.82) is 0 Å². The maximum Gasteiger partial charge on any atom is 0.309 e. The highest BCUT2D eigenvalue weighted by molar-refractivity contribution is 5.79. The minimum Gasteiger partial charge on any atom is -0.466 e. The average Bonchev–Trinajstić information content (AvgIpc) is 2.28. The highest BCUT2D eigenvalue weighted by Crippen LogP contribution is 2.20. The van der Waals surface area contributed by atoms with Crippen LogP contribution < -0.4 is 0 Å². The van der Waals surface area contributed by atoms with E-state index < -0.39 is 0 Å². The molecule has 0 aromatic heterocycles. The Morgan fingerprint density at radius 3 is 2.12 bits per heavy atom. The van der Waals surface area contributed by atoms with Gasteiger partial charge in [-0.15, -0.1) is 0 Å². The summed E-state index contributed by atoms with van der Waals surface area (Å²) in [5.41, 5.74) is 0. The normalized spacial score (nSPS) is 13.9. The third kappa shape index (κ3) is 6.97. The molecule has 0 bridgehead atoms. The third-order valence-corrected chi connectivity index (χ3v) is 2.72. The molecule has 4 nitrogen and oxygen atoms in total. The van der Waals surface area contributed by atoms with Gasteiger partial charge in [-0.1, -0.05) is 20.3 Å². The molecule has 4 heteroatoms. The van der Waals surface area contributed by atoms with Crippen molar-refractivity contribution in [3.63, 3.8) is 0 Å². The van der Waals surface area contributed by atoms with Crippen molar-refractivity contribution in [2.75, 3.05) is 13.2 Å². The van der Waals surface area contributed by atoms with Crippen LogP contribution in [-0.4, -0.2) is 25.2 Å². The van der Waals surface area contributed by atoms with Gasteiger partial charge in [0.25, 0.3) is 0 Å². The average molecular weight is 244 g/mol. The third-order valence-electron chi connectivity index (χ3n) is 2.72. The Bertz CT molecular complexity index is 238. The molecular weight excluding hydrogens is 220 g/mol. The van der Waals surface area contributed by atoms with Crippen molar-refractivity contribution >= 4 is 11.9 Å². The number of hydrogen-bond acceptors (Lipinski definition) is 4. The van der Waals surface area contributed by atoms with Crippen molar-refractivity contribution in [3.05, 3.63) is 0 Å². The second kappa shape index (κ2) is 9.02. The zero-order valence-corrected chi connectivity index (χ0v) is 11.3. The lowest BCUT2D eigenvalue weighted by Gasteiger charge is -2.18. The predicted octanol–water partition coefficient (Wildman–Crippen LogP) is 2.56. The molecule has 0 spiro atoms. The van der Waals surface area contributed by atoms with Gasteiger partial charge in [-0.05, 0) is 26.2 Å². The molecule has 0 radical (unpaired) electrons. The molecule has 0 aliphatic heterocycles. The predicted molar refractivity (Wildman–Crippen MR) is 65.4 cm³/mol. The maximum atomic E-state index is 11.7. The highest BCUT2D eigenvalue weighted by Gasteiger charge is 2.25. The summed E-state index contributed by atoms with van der Waals surface area (Å²) in [7, 11) is 0. The Morgan fingerprint density at radius 1 is 1.06 bits per heavy atom. The van der Waals surface area contributed by atoms with Crippen LogP contribution in [0.4, 0.5) is 0 Å². The number of esters is 2. The van der Waals surface area contributed by atoms with E-state index in [-0.39, 0.29) is 24.3 Å². The number of rotatable bonds is 8. The molecule has 0 heterocycles. The van der Waals surface area contributed by atoms with Crippen molar-refractivity contribution in [3.8, 4) is 0 Å². The number of carbonyl (C=O) groups is 2. The van der Waals surface area contributed by atoms with Crippen LogP contribution in [0.15, 0.2) is 0 Å². The highest BCUT2D eigenvalue weighted by atomic mass is 16.5. The van der Waals surface area contributed by atoms with E-state index in [1.807, 2.05) is 0 Å². The first-order valence-electron chi connectivity index (χ1n) is 6.37. The lowest BCUT2D eigenvalue weighted by molar-refractivity contribution is -0.155. The van der Waals surface area contributed by atoms with E-state index in [2.05, 4.69) is 13.8 Å². The van der Waals surface area contributed by atoms with E-state index in [0.29, 0.717) is 25.6 Å². The Labute approximate surface area is 104 Å². The molecule has 2 atom stereocenters. The second-order valence-electron chi connectivity index (χ2n) is 4.21. The summed E-state index contributed by atoms with van der Waals surface area (Å²) in [6.07, 6.45) is 1.78. The zero-order chi connectivity index (χ0) is 13.3. The van der Waals surface area contributed by atoms with Crippen molar-refractivity contribution in [1.82, 2.24) is 0 Å². The molecule has 0 amide bonds. The van der Waals surface area contributed by atoms with Crippen molar-refractivity contribution in [2.24, 2.45) is 11.8 Å². The van der Waals surface area contributed by atoms with Gasteiger partial charge in [0.05, 0.1) is 25.6 Å². The molecule has 17 heavy (non-hydrogen) atoms. The Kier molecular flexibility index (Phi) is 8.46. The minimum absolute atomic E-state index is 0.122. The fourth-order valence-corrected chi connectivity index (χ4v) is 1.60. The van der Waals surface area contributed by atoms with Gasteiger partial charge < -0.3 is 9.47 Å². The van der Waals surface area contributed by atoms with E-state index in [4.69, 9.17) is 9.47 Å². The summed E-state index contributed by atoms with van der Waals surface area (Å²) in [5.74, 6) is -0.586. The Morgan fingerprint density at radius 2 is 1.65 bits per heavy atom. The van der Waals surface area contributed by atoms with Gasteiger partial charge in [0, 0.05) is 0 Å².